The molecule has 0 fully saturated rings. The molecule has 0 heterocycles. The van der Waals surface area contributed by atoms with E-state index in [-0.39, 0.29) is 32.7 Å². The first-order chi connectivity index (χ1) is 4.33. The van der Waals surface area contributed by atoms with Crippen molar-refractivity contribution in [3.8, 4) is 0 Å². The molecule has 1 aromatic carbocycles. The van der Waals surface area contributed by atoms with Crippen LogP contribution < -0.4 is 0 Å². The molecule has 0 aliphatic carbocycles. The van der Waals surface area contributed by atoms with E-state index in [4.69, 9.17) is 0 Å². The van der Waals surface area contributed by atoms with Crippen LogP contribution in [0.1, 0.15) is 11.1 Å². The van der Waals surface area contributed by atoms with Gasteiger partial charge in [0.2, 0.25) is 0 Å². The van der Waals surface area contributed by atoms with Gasteiger partial charge in [0.05, 0.1) is 0 Å². The number of rotatable bonds is 1. The molecule has 0 atom stereocenters. The third-order valence-corrected chi connectivity index (χ3v) is 1.27. The van der Waals surface area contributed by atoms with E-state index in [2.05, 4.69) is 13.0 Å². The molecular formula is C9H10Y-2. The second kappa shape index (κ2) is 5.04. The fourth-order valence-corrected chi connectivity index (χ4v) is 0.791. The molecule has 1 aromatic rings. The molecule has 0 bridgehead atoms. The smallest absolute Gasteiger partial charge is 0 e. The maximum absolute atomic E-state index is 3.77. The van der Waals surface area contributed by atoms with Gasteiger partial charge >= 0.3 is 0 Å². The SMILES string of the molecule is [CH2-]Cc1[c-]c(C)ccc1.[Y]. The molecule has 0 N–H and O–H groups in total. The van der Waals surface area contributed by atoms with Crippen molar-refractivity contribution in [2.75, 3.05) is 0 Å². The Bertz CT molecular complexity index is 194. The normalized spacial score (nSPS) is 8.60. The summed E-state index contributed by atoms with van der Waals surface area (Å²) < 4.78 is 0. The molecule has 0 saturated carbocycles. The van der Waals surface area contributed by atoms with Gasteiger partial charge in [0.1, 0.15) is 0 Å². The monoisotopic (exact) mass is 207 g/mol. The minimum atomic E-state index is 0. The van der Waals surface area contributed by atoms with Crippen molar-refractivity contribution in [2.24, 2.45) is 0 Å². The first-order valence-corrected chi connectivity index (χ1v) is 3.10. The van der Waals surface area contributed by atoms with E-state index < -0.39 is 0 Å². The van der Waals surface area contributed by atoms with Crippen LogP contribution in [-0.4, -0.2) is 0 Å². The fraction of sp³-hybridized carbons (Fsp3) is 0.222. The Kier molecular flexibility index (Phi) is 5.20. The van der Waals surface area contributed by atoms with Crippen LogP contribution in [0.15, 0.2) is 18.2 Å². The molecule has 0 amide bonds. The molecule has 0 aromatic heterocycles. The third-order valence-electron chi connectivity index (χ3n) is 1.27. The molecule has 0 aliphatic rings. The number of hydrogen-bond donors (Lipinski definition) is 0. The van der Waals surface area contributed by atoms with Crippen LogP contribution in [0.5, 0.6) is 0 Å². The van der Waals surface area contributed by atoms with Crippen molar-refractivity contribution in [2.45, 2.75) is 13.3 Å². The second-order valence-electron chi connectivity index (χ2n) is 2.11. The maximum atomic E-state index is 3.77. The zero-order valence-corrected chi connectivity index (χ0v) is 9.06. The summed E-state index contributed by atoms with van der Waals surface area (Å²) in [6.07, 6.45) is 0.835. The molecule has 0 spiro atoms. The van der Waals surface area contributed by atoms with Gasteiger partial charge in [-0.1, -0.05) is 6.92 Å². The summed E-state index contributed by atoms with van der Waals surface area (Å²) in [5.41, 5.74) is 2.38. The predicted molar refractivity (Wildman–Crippen MR) is 39.1 cm³/mol. The van der Waals surface area contributed by atoms with E-state index in [9.17, 15) is 0 Å². The molecule has 1 radical (unpaired) electrons. The number of aryl methyl sites for hydroxylation is 1. The molecule has 0 aliphatic heterocycles. The van der Waals surface area contributed by atoms with Gasteiger partial charge in [-0.2, -0.15) is 41.8 Å². The zero-order valence-electron chi connectivity index (χ0n) is 6.22. The van der Waals surface area contributed by atoms with Gasteiger partial charge < -0.3 is 6.92 Å². The average molecular weight is 207 g/mol. The van der Waals surface area contributed by atoms with Crippen LogP contribution in [0.2, 0.25) is 0 Å². The van der Waals surface area contributed by atoms with Gasteiger partial charge in [0, 0.05) is 32.7 Å². The molecular weight excluding hydrogens is 197 g/mol. The van der Waals surface area contributed by atoms with Crippen molar-refractivity contribution < 1.29 is 32.7 Å². The van der Waals surface area contributed by atoms with Crippen LogP contribution in [0.3, 0.4) is 0 Å². The van der Waals surface area contributed by atoms with Crippen molar-refractivity contribution >= 4 is 0 Å². The van der Waals surface area contributed by atoms with Gasteiger partial charge in [-0.3, -0.25) is 0 Å². The van der Waals surface area contributed by atoms with Gasteiger partial charge in [-0.25, -0.2) is 0 Å². The molecule has 51 valence electrons. The molecule has 0 nitrogen and oxygen atoms in total. The van der Waals surface area contributed by atoms with E-state index in [1.54, 1.807) is 0 Å². The Labute approximate surface area is 87.9 Å². The van der Waals surface area contributed by atoms with Crippen molar-refractivity contribution in [1.29, 1.82) is 0 Å². The Morgan fingerprint density at radius 2 is 2.20 bits per heavy atom. The van der Waals surface area contributed by atoms with Gasteiger partial charge in [-0.05, 0) is 0 Å². The third kappa shape index (κ3) is 2.94. The Hall–Kier alpha value is 0.324. The average Bonchev–Trinajstić information content (AvgIpc) is 1.88. The first kappa shape index (κ1) is 10.3. The summed E-state index contributed by atoms with van der Waals surface area (Å²) in [6.45, 7) is 5.81. The van der Waals surface area contributed by atoms with Gasteiger partial charge in [0.15, 0.2) is 0 Å². The summed E-state index contributed by atoms with van der Waals surface area (Å²) in [5.74, 6) is 0. The van der Waals surface area contributed by atoms with Crippen LogP contribution in [0, 0.1) is 19.9 Å². The summed E-state index contributed by atoms with van der Waals surface area (Å²) >= 11 is 0. The zero-order chi connectivity index (χ0) is 6.69. The Morgan fingerprint density at radius 1 is 1.50 bits per heavy atom. The summed E-state index contributed by atoms with van der Waals surface area (Å²) in [6, 6.07) is 9.31. The first-order valence-electron chi connectivity index (χ1n) is 3.10. The van der Waals surface area contributed by atoms with Gasteiger partial charge in [-0.15, -0.1) is 0 Å². The van der Waals surface area contributed by atoms with Gasteiger partial charge in [0.25, 0.3) is 0 Å². The molecule has 1 rings (SSSR count). The molecule has 10 heavy (non-hydrogen) atoms. The molecule has 1 heteroatoms. The minimum Gasteiger partial charge on any atom is -0.341 e. The van der Waals surface area contributed by atoms with Crippen molar-refractivity contribution in [3.05, 3.63) is 42.3 Å². The fourth-order valence-electron chi connectivity index (χ4n) is 0.791. The topological polar surface area (TPSA) is 0 Å². The summed E-state index contributed by atoms with van der Waals surface area (Å²) in [5, 5.41) is 0. The summed E-state index contributed by atoms with van der Waals surface area (Å²) in [7, 11) is 0. The predicted octanol–water partition coefficient (Wildman–Crippen LogP) is 2.17. The number of benzene rings is 1. The quantitative estimate of drug-likeness (QED) is 0.619. The standard InChI is InChI=1S/C9H10.Y/c1-3-9-6-4-5-8(2)7-9;/h4-6H,1,3H2,2H3;/q-2;. The van der Waals surface area contributed by atoms with Crippen LogP contribution in [0.4, 0.5) is 0 Å². The largest absolute Gasteiger partial charge is 0.341 e. The summed E-state index contributed by atoms with van der Waals surface area (Å²) in [4.78, 5) is 0. The van der Waals surface area contributed by atoms with E-state index in [1.165, 1.54) is 11.1 Å². The molecule has 0 saturated heterocycles. The Morgan fingerprint density at radius 3 is 2.60 bits per heavy atom. The van der Waals surface area contributed by atoms with E-state index >= 15 is 0 Å². The Balaban J connectivity index is 0.000000810. The van der Waals surface area contributed by atoms with Crippen LogP contribution >= 0.6 is 0 Å². The maximum Gasteiger partial charge on any atom is 0 e. The van der Waals surface area contributed by atoms with E-state index in [0.29, 0.717) is 0 Å². The molecule has 0 unspecified atom stereocenters. The van der Waals surface area contributed by atoms with Crippen molar-refractivity contribution in [1.82, 2.24) is 0 Å². The van der Waals surface area contributed by atoms with E-state index in [1.807, 2.05) is 25.1 Å². The minimum absolute atomic E-state index is 0. The van der Waals surface area contributed by atoms with Crippen molar-refractivity contribution in [3.63, 3.8) is 0 Å². The number of hydrogen-bond acceptors (Lipinski definition) is 0. The van der Waals surface area contributed by atoms with E-state index in [0.717, 1.165) is 6.42 Å². The van der Waals surface area contributed by atoms with Crippen LogP contribution in [0.25, 0.3) is 0 Å². The second-order valence-corrected chi connectivity index (χ2v) is 2.11. The van der Waals surface area contributed by atoms with Crippen LogP contribution in [-0.2, 0) is 39.1 Å².